The molecule has 0 heterocycles. The SMILES string of the molecule is Cc1ccc(C(N)=S)cc1NC(=O)CCOCC(F)(F)F. The zero-order chi connectivity index (χ0) is 16.0. The Morgan fingerprint density at radius 1 is 1.43 bits per heavy atom. The van der Waals surface area contributed by atoms with E-state index in [0.29, 0.717) is 11.3 Å². The summed E-state index contributed by atoms with van der Waals surface area (Å²) in [6.45, 7) is 0.106. The number of carbonyl (C=O) groups is 1. The summed E-state index contributed by atoms with van der Waals surface area (Å²) in [5.41, 5.74) is 7.40. The summed E-state index contributed by atoms with van der Waals surface area (Å²) in [4.78, 5) is 11.8. The third-order valence-corrected chi connectivity index (χ3v) is 2.77. The molecule has 1 aromatic carbocycles. The second kappa shape index (κ2) is 7.37. The lowest BCUT2D eigenvalue weighted by Crippen LogP contribution is -2.20. The molecule has 0 atom stereocenters. The molecule has 0 aliphatic heterocycles. The smallest absolute Gasteiger partial charge is 0.389 e. The minimum absolute atomic E-state index is 0.174. The van der Waals surface area contributed by atoms with Gasteiger partial charge in [-0.15, -0.1) is 0 Å². The van der Waals surface area contributed by atoms with E-state index in [9.17, 15) is 18.0 Å². The van der Waals surface area contributed by atoms with Gasteiger partial charge in [0.15, 0.2) is 0 Å². The summed E-state index contributed by atoms with van der Waals surface area (Å²) in [6, 6.07) is 5.08. The number of thiocarbonyl (C=S) groups is 1. The van der Waals surface area contributed by atoms with Crippen LogP contribution in [0.15, 0.2) is 18.2 Å². The fourth-order valence-electron chi connectivity index (χ4n) is 1.48. The molecule has 0 bridgehead atoms. The highest BCUT2D eigenvalue weighted by molar-refractivity contribution is 7.80. The molecule has 0 unspecified atom stereocenters. The number of anilines is 1. The number of nitrogens with one attached hydrogen (secondary N) is 1. The molecule has 0 aliphatic rings. The Hall–Kier alpha value is -1.67. The van der Waals surface area contributed by atoms with Gasteiger partial charge >= 0.3 is 6.18 Å². The molecular formula is C13H15F3N2O2S. The van der Waals surface area contributed by atoms with E-state index in [1.165, 1.54) is 0 Å². The van der Waals surface area contributed by atoms with E-state index in [2.05, 4.69) is 10.1 Å². The number of benzene rings is 1. The Labute approximate surface area is 125 Å². The molecule has 4 nitrogen and oxygen atoms in total. The number of hydrogen-bond acceptors (Lipinski definition) is 3. The number of amides is 1. The molecule has 0 spiro atoms. The van der Waals surface area contributed by atoms with Gasteiger partial charge < -0.3 is 15.8 Å². The molecule has 1 rings (SSSR count). The third-order valence-electron chi connectivity index (χ3n) is 2.54. The Balaban J connectivity index is 2.51. The molecule has 0 aliphatic carbocycles. The van der Waals surface area contributed by atoms with Crippen molar-refractivity contribution in [2.45, 2.75) is 19.5 Å². The third kappa shape index (κ3) is 6.54. The van der Waals surface area contributed by atoms with Gasteiger partial charge in [0.2, 0.25) is 5.91 Å². The van der Waals surface area contributed by atoms with Crippen LogP contribution in [0.25, 0.3) is 0 Å². The van der Waals surface area contributed by atoms with E-state index < -0.39 is 18.7 Å². The lowest BCUT2D eigenvalue weighted by atomic mass is 10.1. The number of halogens is 3. The van der Waals surface area contributed by atoms with Crippen molar-refractivity contribution in [2.24, 2.45) is 5.73 Å². The maximum atomic E-state index is 11.9. The van der Waals surface area contributed by atoms with Crippen molar-refractivity contribution in [2.75, 3.05) is 18.5 Å². The minimum Gasteiger partial charge on any atom is -0.389 e. The van der Waals surface area contributed by atoms with E-state index >= 15 is 0 Å². The highest BCUT2D eigenvalue weighted by Crippen LogP contribution is 2.17. The predicted molar refractivity (Wildman–Crippen MR) is 77.2 cm³/mol. The van der Waals surface area contributed by atoms with Gasteiger partial charge in [0, 0.05) is 11.3 Å². The van der Waals surface area contributed by atoms with Gasteiger partial charge in [-0.3, -0.25) is 4.79 Å². The number of ether oxygens (including phenoxy) is 1. The number of hydrogen-bond donors (Lipinski definition) is 2. The number of nitrogens with two attached hydrogens (primary N) is 1. The Morgan fingerprint density at radius 2 is 2.10 bits per heavy atom. The molecule has 0 saturated carbocycles. The van der Waals surface area contributed by atoms with Crippen molar-refractivity contribution in [1.82, 2.24) is 0 Å². The number of alkyl halides is 3. The first-order valence-electron chi connectivity index (χ1n) is 6.04. The van der Waals surface area contributed by atoms with Crippen molar-refractivity contribution in [3.8, 4) is 0 Å². The number of carbonyl (C=O) groups excluding carboxylic acids is 1. The van der Waals surface area contributed by atoms with E-state index in [1.54, 1.807) is 25.1 Å². The standard InChI is InChI=1S/C13H15F3N2O2S/c1-8-2-3-9(12(17)21)6-10(8)18-11(19)4-5-20-7-13(14,15)16/h2-3,6H,4-5,7H2,1H3,(H2,17,21)(H,18,19). The van der Waals surface area contributed by atoms with Gasteiger partial charge in [-0.2, -0.15) is 13.2 Å². The predicted octanol–water partition coefficient (Wildman–Crippen LogP) is 2.54. The summed E-state index contributed by atoms with van der Waals surface area (Å²) < 4.78 is 39.9. The van der Waals surface area contributed by atoms with Crippen LogP contribution in [0.3, 0.4) is 0 Å². The minimum atomic E-state index is -4.39. The molecule has 8 heteroatoms. The summed E-state index contributed by atoms with van der Waals surface area (Å²) in [6.07, 6.45) is -4.56. The molecule has 0 saturated heterocycles. The number of rotatable bonds is 6. The Kier molecular flexibility index (Phi) is 6.10. The molecule has 0 fully saturated rings. The fraction of sp³-hybridized carbons (Fsp3) is 0.385. The van der Waals surface area contributed by atoms with Gasteiger partial charge in [0.1, 0.15) is 11.6 Å². The highest BCUT2D eigenvalue weighted by atomic mass is 32.1. The van der Waals surface area contributed by atoms with Crippen molar-refractivity contribution in [3.63, 3.8) is 0 Å². The molecule has 21 heavy (non-hydrogen) atoms. The van der Waals surface area contributed by atoms with Gasteiger partial charge in [-0.05, 0) is 18.6 Å². The summed E-state index contributed by atoms with van der Waals surface area (Å²) >= 11 is 4.84. The van der Waals surface area contributed by atoms with Crippen molar-refractivity contribution in [3.05, 3.63) is 29.3 Å². The molecule has 3 N–H and O–H groups in total. The highest BCUT2D eigenvalue weighted by Gasteiger charge is 2.27. The topological polar surface area (TPSA) is 64.3 Å². The van der Waals surface area contributed by atoms with Crippen LogP contribution >= 0.6 is 12.2 Å². The molecular weight excluding hydrogens is 305 g/mol. The van der Waals surface area contributed by atoms with Crippen LogP contribution in [0.2, 0.25) is 0 Å². The first-order valence-corrected chi connectivity index (χ1v) is 6.44. The van der Waals surface area contributed by atoms with E-state index in [1.807, 2.05) is 0 Å². The van der Waals surface area contributed by atoms with Crippen molar-refractivity contribution in [1.29, 1.82) is 0 Å². The molecule has 1 amide bonds. The van der Waals surface area contributed by atoms with E-state index in [4.69, 9.17) is 18.0 Å². The Morgan fingerprint density at radius 3 is 2.67 bits per heavy atom. The number of aryl methyl sites for hydroxylation is 1. The lowest BCUT2D eigenvalue weighted by Gasteiger charge is -2.11. The van der Waals surface area contributed by atoms with E-state index in [0.717, 1.165) is 5.56 Å². The molecule has 0 radical (unpaired) electrons. The van der Waals surface area contributed by atoms with Crippen LogP contribution in [0.4, 0.5) is 18.9 Å². The average molecular weight is 320 g/mol. The van der Waals surface area contributed by atoms with Crippen LogP contribution in [0, 0.1) is 6.92 Å². The molecule has 0 aromatic heterocycles. The van der Waals surface area contributed by atoms with Gasteiger partial charge in [-0.1, -0.05) is 24.4 Å². The second-order valence-corrected chi connectivity index (χ2v) is 4.80. The fourth-order valence-corrected chi connectivity index (χ4v) is 1.60. The lowest BCUT2D eigenvalue weighted by molar-refractivity contribution is -0.174. The molecule has 116 valence electrons. The molecule has 1 aromatic rings. The van der Waals surface area contributed by atoms with Crippen molar-refractivity contribution >= 4 is 28.8 Å². The quantitative estimate of drug-likeness (QED) is 0.624. The average Bonchev–Trinajstić information content (AvgIpc) is 2.36. The van der Waals surface area contributed by atoms with Crippen LogP contribution in [-0.2, 0) is 9.53 Å². The Bertz CT molecular complexity index is 533. The van der Waals surface area contributed by atoms with Crippen LogP contribution in [0.1, 0.15) is 17.5 Å². The van der Waals surface area contributed by atoms with Crippen LogP contribution in [-0.4, -0.2) is 30.3 Å². The first-order chi connectivity index (χ1) is 9.69. The largest absolute Gasteiger partial charge is 0.411 e. The normalized spacial score (nSPS) is 11.2. The van der Waals surface area contributed by atoms with Gasteiger partial charge in [0.05, 0.1) is 13.0 Å². The summed E-state index contributed by atoms with van der Waals surface area (Å²) in [5.74, 6) is -0.444. The van der Waals surface area contributed by atoms with Crippen molar-refractivity contribution < 1.29 is 22.7 Å². The van der Waals surface area contributed by atoms with Gasteiger partial charge in [-0.25, -0.2) is 0 Å². The summed E-state index contributed by atoms with van der Waals surface area (Å²) in [5, 5.41) is 2.59. The second-order valence-electron chi connectivity index (χ2n) is 4.36. The monoisotopic (exact) mass is 320 g/mol. The van der Waals surface area contributed by atoms with E-state index in [-0.39, 0.29) is 18.0 Å². The summed E-state index contributed by atoms with van der Waals surface area (Å²) in [7, 11) is 0. The van der Waals surface area contributed by atoms with Gasteiger partial charge in [0.25, 0.3) is 0 Å². The first kappa shape index (κ1) is 17.4. The zero-order valence-electron chi connectivity index (χ0n) is 11.3. The zero-order valence-corrected chi connectivity index (χ0v) is 12.1. The maximum absolute atomic E-state index is 11.9. The van der Waals surface area contributed by atoms with Crippen LogP contribution in [0.5, 0.6) is 0 Å². The van der Waals surface area contributed by atoms with Crippen LogP contribution < -0.4 is 11.1 Å². The maximum Gasteiger partial charge on any atom is 0.411 e.